The molecule has 0 unspecified atom stereocenters. The van der Waals surface area contributed by atoms with Crippen LogP contribution in [0.4, 0.5) is 8.78 Å². The van der Waals surface area contributed by atoms with Crippen LogP contribution in [0.2, 0.25) is 0 Å². The molecule has 0 radical (unpaired) electrons. The fraction of sp³-hybridized carbons (Fsp3) is 0.0870. The molecule has 0 amide bonds. The third kappa shape index (κ3) is 4.98. The highest BCUT2D eigenvalue weighted by molar-refractivity contribution is 7.90. The maximum absolute atomic E-state index is 13.4. The van der Waals surface area contributed by atoms with Gasteiger partial charge in [0.2, 0.25) is 0 Å². The van der Waals surface area contributed by atoms with Gasteiger partial charge in [0.25, 0.3) is 0 Å². The van der Waals surface area contributed by atoms with E-state index in [-0.39, 0.29) is 23.1 Å². The van der Waals surface area contributed by atoms with Crippen molar-refractivity contribution in [2.24, 2.45) is 0 Å². The van der Waals surface area contributed by atoms with Crippen molar-refractivity contribution in [3.63, 3.8) is 0 Å². The molecule has 0 saturated heterocycles. The maximum Gasteiger partial charge on any atom is 0.175 e. The normalized spacial score (nSPS) is 11.5. The second-order valence-corrected chi connectivity index (χ2v) is 9.93. The highest BCUT2D eigenvalue weighted by Gasteiger charge is 2.17. The number of ether oxygens (including phenoxy) is 1. The molecule has 0 fully saturated rings. The minimum absolute atomic E-state index is 0.173. The van der Waals surface area contributed by atoms with Crippen LogP contribution in [0.3, 0.4) is 0 Å². The van der Waals surface area contributed by atoms with E-state index in [4.69, 9.17) is 4.74 Å². The molecule has 0 N–H and O–H groups in total. The van der Waals surface area contributed by atoms with Crippen molar-refractivity contribution in [3.8, 4) is 27.4 Å². The minimum Gasteiger partial charge on any atom is -0.486 e. The van der Waals surface area contributed by atoms with Gasteiger partial charge in [-0.15, -0.1) is 11.3 Å². The van der Waals surface area contributed by atoms with Crippen molar-refractivity contribution in [2.45, 2.75) is 11.5 Å². The average molecular weight is 458 g/mol. The van der Waals surface area contributed by atoms with Crippen LogP contribution in [0.5, 0.6) is 5.75 Å². The molecular formula is C23H17F2NO3S2. The smallest absolute Gasteiger partial charge is 0.175 e. The topological polar surface area (TPSA) is 56.3 Å². The molecule has 0 aliphatic heterocycles. The quantitative estimate of drug-likeness (QED) is 0.371. The molecule has 0 bridgehead atoms. The van der Waals surface area contributed by atoms with Gasteiger partial charge >= 0.3 is 0 Å². The number of aromatic nitrogens is 1. The van der Waals surface area contributed by atoms with Gasteiger partial charge in [0.05, 0.1) is 15.5 Å². The molecule has 0 saturated carbocycles. The second kappa shape index (κ2) is 8.56. The van der Waals surface area contributed by atoms with Crippen LogP contribution < -0.4 is 4.74 Å². The van der Waals surface area contributed by atoms with Crippen LogP contribution in [-0.4, -0.2) is 19.7 Å². The summed E-state index contributed by atoms with van der Waals surface area (Å²) in [4.78, 5) is 5.70. The molecule has 1 aromatic heterocycles. The van der Waals surface area contributed by atoms with Gasteiger partial charge in [-0.05, 0) is 66.2 Å². The standard InChI is InChI=1S/C23H17F2NO3S2/c1-31(27,28)20-12-4-16(5-13-20)23-22(15-2-6-17(24)7-3-15)26-21(30-23)14-29-19-10-8-18(25)9-11-19/h2-13H,14H2,1H3. The van der Waals surface area contributed by atoms with Crippen molar-refractivity contribution in [1.29, 1.82) is 0 Å². The van der Waals surface area contributed by atoms with Crippen molar-refractivity contribution < 1.29 is 21.9 Å². The Morgan fingerprint density at radius 2 is 1.39 bits per heavy atom. The number of thiazole rings is 1. The number of hydrogen-bond donors (Lipinski definition) is 0. The third-order valence-corrected chi connectivity index (χ3v) is 6.72. The fourth-order valence-corrected chi connectivity index (χ4v) is 4.59. The Kier molecular flexibility index (Phi) is 5.84. The number of rotatable bonds is 6. The van der Waals surface area contributed by atoms with Crippen LogP contribution in [0.1, 0.15) is 5.01 Å². The van der Waals surface area contributed by atoms with Gasteiger partial charge in [-0.1, -0.05) is 12.1 Å². The van der Waals surface area contributed by atoms with E-state index in [0.29, 0.717) is 16.5 Å². The Hall–Kier alpha value is -3.10. The molecule has 4 aromatic rings. The Bertz CT molecular complexity index is 1300. The first kappa shape index (κ1) is 21.1. The second-order valence-electron chi connectivity index (χ2n) is 6.83. The molecule has 8 heteroatoms. The van der Waals surface area contributed by atoms with Crippen LogP contribution in [0, 0.1) is 11.6 Å². The summed E-state index contributed by atoms with van der Waals surface area (Å²) in [5, 5.41) is 0.672. The lowest BCUT2D eigenvalue weighted by Crippen LogP contribution is -1.96. The summed E-state index contributed by atoms with van der Waals surface area (Å²) in [5.41, 5.74) is 2.17. The van der Waals surface area contributed by atoms with E-state index in [1.54, 1.807) is 36.4 Å². The van der Waals surface area contributed by atoms with Crippen molar-refractivity contribution in [2.75, 3.05) is 6.26 Å². The Labute approximate surface area is 182 Å². The van der Waals surface area contributed by atoms with Gasteiger partial charge in [0.1, 0.15) is 29.0 Å². The lowest BCUT2D eigenvalue weighted by atomic mass is 10.1. The summed E-state index contributed by atoms with van der Waals surface area (Å²) in [5.74, 6) is -0.183. The van der Waals surface area contributed by atoms with E-state index < -0.39 is 9.84 Å². The van der Waals surface area contributed by atoms with Gasteiger partial charge in [0.15, 0.2) is 9.84 Å². The third-order valence-electron chi connectivity index (χ3n) is 4.51. The van der Waals surface area contributed by atoms with E-state index >= 15 is 0 Å². The van der Waals surface area contributed by atoms with E-state index in [0.717, 1.165) is 22.3 Å². The lowest BCUT2D eigenvalue weighted by Gasteiger charge is -2.04. The van der Waals surface area contributed by atoms with Crippen molar-refractivity contribution in [1.82, 2.24) is 4.98 Å². The summed E-state index contributed by atoms with van der Waals surface area (Å²) in [7, 11) is -3.31. The van der Waals surface area contributed by atoms with Gasteiger partial charge < -0.3 is 4.74 Å². The number of sulfone groups is 1. The van der Waals surface area contributed by atoms with Gasteiger partial charge in [-0.3, -0.25) is 0 Å². The predicted octanol–water partition coefficient (Wildman–Crippen LogP) is 5.74. The molecule has 0 atom stereocenters. The maximum atomic E-state index is 13.4. The minimum atomic E-state index is -3.31. The SMILES string of the molecule is CS(=O)(=O)c1ccc(-c2sc(COc3ccc(F)cc3)nc2-c2ccc(F)cc2)cc1. The summed E-state index contributed by atoms with van der Waals surface area (Å²) in [6.45, 7) is 0.173. The first-order chi connectivity index (χ1) is 14.8. The number of nitrogens with zero attached hydrogens (tertiary/aromatic N) is 1. The van der Waals surface area contributed by atoms with Crippen molar-refractivity contribution in [3.05, 3.63) is 89.4 Å². The molecule has 4 nitrogen and oxygen atoms in total. The Balaban J connectivity index is 1.70. The molecule has 3 aromatic carbocycles. The molecule has 4 rings (SSSR count). The zero-order valence-electron chi connectivity index (χ0n) is 16.4. The van der Waals surface area contributed by atoms with Crippen LogP contribution in [-0.2, 0) is 16.4 Å². The molecule has 0 aliphatic rings. The first-order valence-corrected chi connectivity index (χ1v) is 11.9. The largest absolute Gasteiger partial charge is 0.486 e. The van der Waals surface area contributed by atoms with Gasteiger partial charge in [-0.25, -0.2) is 22.2 Å². The number of hydrogen-bond acceptors (Lipinski definition) is 5. The zero-order chi connectivity index (χ0) is 22.0. The average Bonchev–Trinajstić information content (AvgIpc) is 3.18. The molecule has 1 heterocycles. The van der Waals surface area contributed by atoms with E-state index in [2.05, 4.69) is 4.98 Å². The fourth-order valence-electron chi connectivity index (χ4n) is 2.95. The van der Waals surface area contributed by atoms with Crippen LogP contribution in [0.15, 0.2) is 77.7 Å². The monoisotopic (exact) mass is 457 g/mol. The zero-order valence-corrected chi connectivity index (χ0v) is 18.0. The number of halogens is 2. The first-order valence-electron chi connectivity index (χ1n) is 9.24. The highest BCUT2D eigenvalue weighted by atomic mass is 32.2. The van der Waals surface area contributed by atoms with Crippen LogP contribution >= 0.6 is 11.3 Å². The lowest BCUT2D eigenvalue weighted by molar-refractivity contribution is 0.305. The molecule has 158 valence electrons. The molecule has 0 aliphatic carbocycles. The number of benzene rings is 3. The van der Waals surface area contributed by atoms with E-state index in [1.165, 1.54) is 47.7 Å². The van der Waals surface area contributed by atoms with Crippen LogP contribution in [0.25, 0.3) is 21.7 Å². The predicted molar refractivity (Wildman–Crippen MR) is 117 cm³/mol. The summed E-state index contributed by atoms with van der Waals surface area (Å²) < 4.78 is 55.7. The molecular weight excluding hydrogens is 440 g/mol. The molecule has 31 heavy (non-hydrogen) atoms. The van der Waals surface area contributed by atoms with Crippen molar-refractivity contribution >= 4 is 21.2 Å². The summed E-state index contributed by atoms with van der Waals surface area (Å²) in [6.07, 6.45) is 1.16. The summed E-state index contributed by atoms with van der Waals surface area (Å²) in [6, 6.07) is 18.3. The van der Waals surface area contributed by atoms with Gasteiger partial charge in [0, 0.05) is 11.8 Å². The van der Waals surface area contributed by atoms with E-state index in [1.807, 2.05) is 0 Å². The van der Waals surface area contributed by atoms with E-state index in [9.17, 15) is 17.2 Å². The Morgan fingerprint density at radius 3 is 1.97 bits per heavy atom. The Morgan fingerprint density at radius 1 is 0.839 bits per heavy atom. The highest BCUT2D eigenvalue weighted by Crippen LogP contribution is 2.37. The van der Waals surface area contributed by atoms with Gasteiger partial charge in [-0.2, -0.15) is 0 Å². The molecule has 0 spiro atoms. The summed E-state index contributed by atoms with van der Waals surface area (Å²) >= 11 is 1.39.